The van der Waals surface area contributed by atoms with Crippen LogP contribution in [0, 0.1) is 12.3 Å². The Hall–Kier alpha value is -1.31. The van der Waals surface area contributed by atoms with Crippen LogP contribution in [0.25, 0.3) is 0 Å². The minimum absolute atomic E-state index is 0.0661. The van der Waals surface area contributed by atoms with Crippen LogP contribution >= 0.6 is 11.6 Å². The summed E-state index contributed by atoms with van der Waals surface area (Å²) in [7, 11) is 0. The average molecular weight is 199 g/mol. The van der Waals surface area contributed by atoms with Gasteiger partial charge in [0.25, 0.3) is 0 Å². The second-order valence-corrected chi connectivity index (χ2v) is 2.64. The number of hydrogen-bond donors (Lipinski definition) is 0. The molecule has 0 saturated heterocycles. The maximum absolute atomic E-state index is 11.0. The highest BCUT2D eigenvalue weighted by Gasteiger charge is 1.96. The van der Waals surface area contributed by atoms with Gasteiger partial charge in [-0.1, -0.05) is 17.5 Å². The maximum Gasteiger partial charge on any atom is 0.349 e. The molecule has 13 heavy (non-hydrogen) atoms. The first kappa shape index (κ1) is 9.78. The lowest BCUT2D eigenvalue weighted by Crippen LogP contribution is -2.23. The molecule has 0 aliphatic rings. The molecule has 0 radical (unpaired) electrons. The number of ether oxygens (including phenoxy) is 1. The van der Waals surface area contributed by atoms with Gasteiger partial charge in [0.2, 0.25) is 0 Å². The van der Waals surface area contributed by atoms with Crippen molar-refractivity contribution in [1.29, 1.82) is 0 Å². The first-order chi connectivity index (χ1) is 6.24. The number of nitrogens with zero attached hydrogens (tertiary/aromatic N) is 2. The summed E-state index contributed by atoms with van der Waals surface area (Å²) in [6.07, 6.45) is 7.67. The SMILES string of the molecule is C#CCOCn1cc(Cl)cnc1=O. The van der Waals surface area contributed by atoms with Crippen molar-refractivity contribution in [3.63, 3.8) is 0 Å². The van der Waals surface area contributed by atoms with Crippen LogP contribution in [0.15, 0.2) is 17.2 Å². The van der Waals surface area contributed by atoms with E-state index in [2.05, 4.69) is 10.9 Å². The molecule has 0 fully saturated rings. The van der Waals surface area contributed by atoms with Crippen LogP contribution < -0.4 is 5.69 Å². The second-order valence-electron chi connectivity index (χ2n) is 2.21. The van der Waals surface area contributed by atoms with Gasteiger partial charge >= 0.3 is 5.69 Å². The molecule has 0 spiro atoms. The van der Waals surface area contributed by atoms with Crippen LogP contribution in [0.5, 0.6) is 0 Å². The van der Waals surface area contributed by atoms with E-state index < -0.39 is 5.69 Å². The summed E-state index contributed by atoms with van der Waals surface area (Å²) in [5.74, 6) is 2.28. The van der Waals surface area contributed by atoms with E-state index in [4.69, 9.17) is 22.8 Å². The van der Waals surface area contributed by atoms with Gasteiger partial charge in [-0.05, 0) is 0 Å². The van der Waals surface area contributed by atoms with Crippen molar-refractivity contribution in [2.45, 2.75) is 6.73 Å². The molecule has 0 aliphatic heterocycles. The Morgan fingerprint density at radius 3 is 3.23 bits per heavy atom. The van der Waals surface area contributed by atoms with Crippen LogP contribution in [0.2, 0.25) is 5.02 Å². The minimum Gasteiger partial charge on any atom is -0.348 e. The lowest BCUT2D eigenvalue weighted by Gasteiger charge is -2.03. The first-order valence-corrected chi connectivity index (χ1v) is 3.85. The second kappa shape index (κ2) is 4.65. The van der Waals surface area contributed by atoms with E-state index in [9.17, 15) is 4.79 Å². The minimum atomic E-state index is -0.415. The van der Waals surface area contributed by atoms with Crippen molar-refractivity contribution in [3.8, 4) is 12.3 Å². The van der Waals surface area contributed by atoms with E-state index in [0.717, 1.165) is 0 Å². The zero-order chi connectivity index (χ0) is 9.68. The fourth-order valence-corrected chi connectivity index (χ4v) is 0.890. The summed E-state index contributed by atoms with van der Waals surface area (Å²) in [5.41, 5.74) is -0.415. The molecule has 68 valence electrons. The number of hydrogen-bond acceptors (Lipinski definition) is 3. The van der Waals surface area contributed by atoms with Gasteiger partial charge in [0.1, 0.15) is 13.3 Å². The highest BCUT2D eigenvalue weighted by molar-refractivity contribution is 6.30. The summed E-state index contributed by atoms with van der Waals surface area (Å²) < 4.78 is 6.17. The molecule has 0 amide bonds. The Labute approximate surface area is 80.1 Å². The third-order valence-corrected chi connectivity index (χ3v) is 1.43. The van der Waals surface area contributed by atoms with Gasteiger partial charge in [-0.2, -0.15) is 4.98 Å². The molecule has 0 unspecified atom stereocenters. The normalized spacial score (nSPS) is 9.54. The largest absolute Gasteiger partial charge is 0.349 e. The van der Waals surface area contributed by atoms with Gasteiger partial charge in [0, 0.05) is 6.20 Å². The molecule has 0 aliphatic carbocycles. The van der Waals surface area contributed by atoms with Gasteiger partial charge in [0.15, 0.2) is 0 Å². The van der Waals surface area contributed by atoms with Crippen molar-refractivity contribution in [3.05, 3.63) is 27.9 Å². The van der Waals surface area contributed by atoms with Crippen LogP contribution in [-0.4, -0.2) is 16.2 Å². The molecule has 0 bridgehead atoms. The van der Waals surface area contributed by atoms with E-state index in [1.54, 1.807) is 0 Å². The summed E-state index contributed by atoms with van der Waals surface area (Å²) in [5, 5.41) is 0.379. The van der Waals surface area contributed by atoms with Crippen molar-refractivity contribution in [2.24, 2.45) is 0 Å². The zero-order valence-electron chi connectivity index (χ0n) is 6.74. The van der Waals surface area contributed by atoms with Crippen molar-refractivity contribution >= 4 is 11.6 Å². The Morgan fingerprint density at radius 2 is 2.54 bits per heavy atom. The Kier molecular flexibility index (Phi) is 3.50. The van der Waals surface area contributed by atoms with Gasteiger partial charge in [-0.15, -0.1) is 6.42 Å². The predicted molar refractivity (Wildman–Crippen MR) is 48.3 cm³/mol. The Bertz CT molecular complexity index is 380. The lowest BCUT2D eigenvalue weighted by atomic mass is 10.6. The maximum atomic E-state index is 11.0. The molecule has 0 N–H and O–H groups in total. The smallest absolute Gasteiger partial charge is 0.348 e. The molecule has 4 nitrogen and oxygen atoms in total. The summed E-state index contributed by atoms with van der Waals surface area (Å²) in [6.45, 7) is 0.218. The summed E-state index contributed by atoms with van der Waals surface area (Å²) in [6, 6.07) is 0. The number of terminal acetylenes is 1. The molecule has 1 rings (SSSR count). The van der Waals surface area contributed by atoms with Crippen LogP contribution in [-0.2, 0) is 11.5 Å². The van der Waals surface area contributed by atoms with Gasteiger partial charge in [-0.3, -0.25) is 4.57 Å². The number of rotatable bonds is 3. The monoisotopic (exact) mass is 198 g/mol. The molecule has 0 aromatic carbocycles. The third kappa shape index (κ3) is 2.90. The molecular weight excluding hydrogens is 192 g/mol. The molecule has 5 heteroatoms. The Morgan fingerprint density at radius 1 is 1.77 bits per heavy atom. The average Bonchev–Trinajstić information content (AvgIpc) is 2.11. The third-order valence-electron chi connectivity index (χ3n) is 1.24. The number of halogens is 1. The highest BCUT2D eigenvalue weighted by Crippen LogP contribution is 2.00. The highest BCUT2D eigenvalue weighted by atomic mass is 35.5. The quantitative estimate of drug-likeness (QED) is 0.525. The van der Waals surface area contributed by atoms with Gasteiger partial charge < -0.3 is 4.74 Å². The molecule has 0 atom stereocenters. The van der Waals surface area contributed by atoms with Crippen molar-refractivity contribution in [1.82, 2.24) is 9.55 Å². The van der Waals surface area contributed by atoms with Crippen LogP contribution in [0.3, 0.4) is 0 Å². The van der Waals surface area contributed by atoms with E-state index >= 15 is 0 Å². The fraction of sp³-hybridized carbons (Fsp3) is 0.250. The molecule has 1 heterocycles. The van der Waals surface area contributed by atoms with E-state index in [1.165, 1.54) is 17.0 Å². The lowest BCUT2D eigenvalue weighted by molar-refractivity contribution is 0.100. The van der Waals surface area contributed by atoms with Crippen LogP contribution in [0.1, 0.15) is 0 Å². The molecule has 1 aromatic rings. The summed E-state index contributed by atoms with van der Waals surface area (Å²) >= 11 is 5.61. The van der Waals surface area contributed by atoms with Gasteiger partial charge in [-0.25, -0.2) is 4.79 Å². The molecule has 1 aromatic heterocycles. The fourth-order valence-electron chi connectivity index (χ4n) is 0.724. The Balaban J connectivity index is 2.71. The molecular formula is C8H7ClN2O2. The van der Waals surface area contributed by atoms with E-state index in [1.807, 2.05) is 0 Å². The van der Waals surface area contributed by atoms with E-state index in [0.29, 0.717) is 5.02 Å². The standard InChI is InChI=1S/C8H7ClN2O2/c1-2-3-13-6-11-5-7(9)4-10-8(11)12/h1,4-5H,3,6H2. The van der Waals surface area contributed by atoms with E-state index in [-0.39, 0.29) is 13.3 Å². The summed E-state index contributed by atoms with van der Waals surface area (Å²) in [4.78, 5) is 14.5. The first-order valence-electron chi connectivity index (χ1n) is 3.47. The zero-order valence-corrected chi connectivity index (χ0v) is 7.49. The molecule has 0 saturated carbocycles. The predicted octanol–water partition coefficient (Wildman–Crippen LogP) is 0.504. The number of aromatic nitrogens is 2. The van der Waals surface area contributed by atoms with Crippen LogP contribution in [0.4, 0.5) is 0 Å². The van der Waals surface area contributed by atoms with Gasteiger partial charge in [0.05, 0.1) is 11.2 Å². The van der Waals surface area contributed by atoms with Crippen molar-refractivity contribution in [2.75, 3.05) is 6.61 Å². The van der Waals surface area contributed by atoms with Crippen molar-refractivity contribution < 1.29 is 4.74 Å². The topological polar surface area (TPSA) is 44.1 Å².